The molecule has 1 aromatic carbocycles. The largest absolute Gasteiger partial charge is 0.371 e. The summed E-state index contributed by atoms with van der Waals surface area (Å²) >= 11 is 0. The fourth-order valence-corrected chi connectivity index (χ4v) is 11.1. The minimum absolute atomic E-state index is 0.00621. The van der Waals surface area contributed by atoms with E-state index in [9.17, 15) is 28.8 Å². The van der Waals surface area contributed by atoms with Gasteiger partial charge < -0.3 is 35.1 Å². The summed E-state index contributed by atoms with van der Waals surface area (Å²) in [5.41, 5.74) is 4.17. The van der Waals surface area contributed by atoms with Crippen LogP contribution in [0.2, 0.25) is 0 Å². The topological polar surface area (TPSA) is 186 Å². The number of nitrogens with one attached hydrogen (secondary N) is 2. The molecule has 3 aromatic heterocycles. The quantitative estimate of drug-likeness (QED) is 0.138. The first-order valence-electron chi connectivity index (χ1n) is 23.9. The molecule has 4 amide bonds. The molecule has 1 atom stereocenters. The lowest BCUT2D eigenvalue weighted by Gasteiger charge is -2.43. The van der Waals surface area contributed by atoms with Gasteiger partial charge in [0.25, 0.3) is 11.5 Å². The van der Waals surface area contributed by atoms with E-state index < -0.39 is 6.04 Å². The van der Waals surface area contributed by atoms with Crippen molar-refractivity contribution in [2.75, 3.05) is 74.5 Å². The van der Waals surface area contributed by atoms with Crippen LogP contribution in [0, 0.1) is 18.8 Å². The van der Waals surface area contributed by atoms with Crippen LogP contribution >= 0.6 is 0 Å². The summed E-state index contributed by atoms with van der Waals surface area (Å²) in [6.07, 6.45) is 13.1. The highest BCUT2D eigenvalue weighted by Gasteiger charge is 2.35. The van der Waals surface area contributed by atoms with Gasteiger partial charge in [0, 0.05) is 94.0 Å². The lowest BCUT2D eigenvalue weighted by molar-refractivity contribution is -0.125. The van der Waals surface area contributed by atoms with E-state index in [1.807, 2.05) is 34.2 Å². The minimum Gasteiger partial charge on any atom is -0.371 e. The van der Waals surface area contributed by atoms with E-state index in [0.717, 1.165) is 88.9 Å². The Bertz CT molecular complexity index is 2640. The third-order valence-electron chi connectivity index (χ3n) is 15.0. The first-order chi connectivity index (χ1) is 32.4. The molecule has 5 fully saturated rings. The molecule has 0 radical (unpaired) electrons. The van der Waals surface area contributed by atoms with Gasteiger partial charge in [0.1, 0.15) is 17.5 Å². The number of carbonyl (C=O) groups is 5. The van der Waals surface area contributed by atoms with Crippen molar-refractivity contribution < 1.29 is 24.0 Å². The number of piperidine rings is 3. The molecule has 17 nitrogen and oxygen atoms in total. The molecule has 1 saturated carbocycles. The number of urea groups is 1. The van der Waals surface area contributed by atoms with E-state index in [2.05, 4.69) is 37.0 Å². The van der Waals surface area contributed by atoms with Gasteiger partial charge in [0.05, 0.1) is 23.0 Å². The Labute approximate surface area is 390 Å². The molecule has 4 aliphatic heterocycles. The Kier molecular flexibility index (Phi) is 13.1. The highest BCUT2D eigenvalue weighted by molar-refractivity contribution is 6.04. The SMILES string of the molecule is C=C1CCC(N(C)C(=O)c2cc(N3CCC(C4CCN(C(=O)N5CCN(c6ccc(Nc7ncc8c(C)c(C(C)=O)c(=O)n(C9CCCC9)c8n7)nc6)CC5)CC4)CC3)ccc2C=O)C(=O)N1. The van der Waals surface area contributed by atoms with Crippen LogP contribution in [0.3, 0.4) is 0 Å². The maximum Gasteiger partial charge on any atom is 0.320 e. The van der Waals surface area contributed by atoms with Gasteiger partial charge in [-0.05, 0) is 113 Å². The van der Waals surface area contributed by atoms with E-state index >= 15 is 0 Å². The van der Waals surface area contributed by atoms with Crippen LogP contribution < -0.4 is 26.0 Å². The second-order valence-corrected chi connectivity index (χ2v) is 19.0. The number of fused-ring (bicyclic) bond motifs is 1. The number of nitrogens with zero attached hydrogens (tertiary/aromatic N) is 9. The molecule has 5 aliphatic rings. The third kappa shape index (κ3) is 9.24. The Morgan fingerprint density at radius 2 is 1.48 bits per heavy atom. The van der Waals surface area contributed by atoms with E-state index in [1.165, 1.54) is 11.8 Å². The van der Waals surface area contributed by atoms with Crippen molar-refractivity contribution in [1.82, 2.24) is 39.5 Å². The molecule has 67 heavy (non-hydrogen) atoms. The fraction of sp³-hybridized carbons (Fsp3) is 0.500. The maximum absolute atomic E-state index is 13.7. The molecule has 17 heteroatoms. The van der Waals surface area contributed by atoms with Crippen LogP contribution in [0.5, 0.6) is 0 Å². The van der Waals surface area contributed by atoms with E-state index in [-0.39, 0.29) is 40.8 Å². The molecular formula is C50H61N11O6. The predicted molar refractivity (Wildman–Crippen MR) is 256 cm³/mol. The van der Waals surface area contributed by atoms with Gasteiger partial charge >= 0.3 is 6.03 Å². The van der Waals surface area contributed by atoms with Crippen LogP contribution in [0.4, 0.5) is 27.9 Å². The first-order valence-corrected chi connectivity index (χ1v) is 23.9. The van der Waals surface area contributed by atoms with Gasteiger partial charge in [0.2, 0.25) is 11.9 Å². The average Bonchev–Trinajstić information content (AvgIpc) is 3.88. The monoisotopic (exact) mass is 911 g/mol. The van der Waals surface area contributed by atoms with Gasteiger partial charge in [-0.2, -0.15) is 4.98 Å². The molecule has 7 heterocycles. The normalized spacial score (nSPS) is 20.0. The summed E-state index contributed by atoms with van der Waals surface area (Å²) in [4.78, 5) is 102. The molecule has 0 spiro atoms. The number of likely N-dealkylation sites (tertiary alicyclic amines) is 1. The summed E-state index contributed by atoms with van der Waals surface area (Å²) < 4.78 is 1.71. The van der Waals surface area contributed by atoms with Gasteiger partial charge in [-0.25, -0.2) is 14.8 Å². The number of amides is 4. The number of hydrogen-bond donors (Lipinski definition) is 2. The molecule has 9 rings (SSSR count). The van der Waals surface area contributed by atoms with Crippen molar-refractivity contribution in [2.24, 2.45) is 11.8 Å². The smallest absolute Gasteiger partial charge is 0.320 e. The lowest BCUT2D eigenvalue weighted by atomic mass is 9.78. The molecule has 4 aromatic rings. The van der Waals surface area contributed by atoms with Gasteiger partial charge in [-0.3, -0.25) is 28.5 Å². The Balaban J connectivity index is 0.742. The van der Waals surface area contributed by atoms with Crippen molar-refractivity contribution in [1.29, 1.82) is 0 Å². The highest BCUT2D eigenvalue weighted by atomic mass is 16.2. The highest BCUT2D eigenvalue weighted by Crippen LogP contribution is 2.36. The van der Waals surface area contributed by atoms with Crippen molar-refractivity contribution >= 4 is 64.1 Å². The number of anilines is 4. The van der Waals surface area contributed by atoms with E-state index in [0.29, 0.717) is 102 Å². The zero-order valence-corrected chi connectivity index (χ0v) is 38.8. The molecule has 2 N–H and O–H groups in total. The van der Waals surface area contributed by atoms with Crippen LogP contribution in [0.15, 0.2) is 59.8 Å². The van der Waals surface area contributed by atoms with Gasteiger partial charge in [-0.15, -0.1) is 0 Å². The lowest BCUT2D eigenvalue weighted by Crippen LogP contribution is -2.54. The molecule has 4 saturated heterocycles. The van der Waals surface area contributed by atoms with E-state index in [4.69, 9.17) is 4.98 Å². The maximum atomic E-state index is 13.7. The number of likely N-dealkylation sites (N-methyl/N-ethyl adjacent to an activating group) is 1. The zero-order chi connectivity index (χ0) is 46.9. The second-order valence-electron chi connectivity index (χ2n) is 19.0. The number of carbonyl (C=O) groups excluding carboxylic acids is 5. The second kappa shape index (κ2) is 19.3. The number of piperazine rings is 1. The molecule has 0 bridgehead atoms. The first kappa shape index (κ1) is 45.5. The molecule has 1 unspecified atom stereocenters. The zero-order valence-electron chi connectivity index (χ0n) is 38.8. The summed E-state index contributed by atoms with van der Waals surface area (Å²) in [7, 11) is 1.61. The average molecular weight is 912 g/mol. The fourth-order valence-electron chi connectivity index (χ4n) is 11.1. The molecule has 352 valence electrons. The van der Waals surface area contributed by atoms with Crippen molar-refractivity contribution in [2.45, 2.75) is 90.1 Å². The van der Waals surface area contributed by atoms with Crippen LogP contribution in [0.25, 0.3) is 11.0 Å². The summed E-state index contributed by atoms with van der Waals surface area (Å²) in [6, 6.07) is 8.77. The number of aryl methyl sites for hydroxylation is 1. The number of Topliss-reactive ketones (excluding diaryl/α,β-unsaturated/α-hetero) is 1. The molecule has 1 aliphatic carbocycles. The minimum atomic E-state index is -0.621. The van der Waals surface area contributed by atoms with Crippen LogP contribution in [-0.4, -0.2) is 130 Å². The van der Waals surface area contributed by atoms with E-state index in [1.54, 1.807) is 36.9 Å². The number of ketones is 1. The Morgan fingerprint density at radius 1 is 0.821 bits per heavy atom. The van der Waals surface area contributed by atoms with Crippen LogP contribution in [0.1, 0.15) is 114 Å². The van der Waals surface area contributed by atoms with Gasteiger partial charge in [0.15, 0.2) is 12.1 Å². The van der Waals surface area contributed by atoms with Crippen LogP contribution in [-0.2, 0) is 4.79 Å². The number of hydrogen-bond acceptors (Lipinski definition) is 12. The standard InChI is InChI=1S/C50H61N11O6/c1-31-9-13-42(46(64)53-31)56(4)47(65)40-27-38(11-10-36(40)30-62)57-19-15-34(16-20-57)35-17-21-59(22-18-35)50(67)60-25-23-58(24-26-60)39-12-14-43(51-28-39)54-49-52-29-41-32(2)44(33(3)63)48(66)61(45(41)55-49)37-7-5-6-8-37/h10-12,14,27-30,34-35,37,42H,1,5-9,13,15-26H2,2-4H3,(H,53,64)(H,51,52,54,55). The van der Waals surface area contributed by atoms with Gasteiger partial charge in [-0.1, -0.05) is 19.4 Å². The number of allylic oxidation sites excluding steroid dienone is 1. The summed E-state index contributed by atoms with van der Waals surface area (Å²) in [5, 5.41) is 6.64. The Hall–Kier alpha value is -6.65. The number of benzene rings is 1. The number of rotatable bonds is 10. The third-order valence-corrected chi connectivity index (χ3v) is 15.0. The summed E-state index contributed by atoms with van der Waals surface area (Å²) in [6.45, 7) is 12.9. The number of pyridine rings is 2. The predicted octanol–water partition coefficient (Wildman–Crippen LogP) is 6.10. The number of aromatic nitrogens is 4. The Morgan fingerprint density at radius 3 is 2.12 bits per heavy atom. The molecular weight excluding hydrogens is 851 g/mol. The van der Waals surface area contributed by atoms with Crippen molar-refractivity contribution in [3.8, 4) is 0 Å². The van der Waals surface area contributed by atoms with Crippen molar-refractivity contribution in [3.63, 3.8) is 0 Å². The summed E-state index contributed by atoms with van der Waals surface area (Å²) in [5.74, 6) is 1.13. The van der Waals surface area contributed by atoms with Crippen molar-refractivity contribution in [3.05, 3.63) is 87.6 Å². The number of aldehydes is 1.